The van der Waals surface area contributed by atoms with Crippen molar-refractivity contribution in [1.29, 1.82) is 31.6 Å². The molecule has 0 N–H and O–H groups in total. The number of rotatable bonds is 2. The summed E-state index contributed by atoms with van der Waals surface area (Å²) in [6.45, 7) is 0. The minimum Gasteiger partial charge on any atom is -0.206 e. The molecule has 0 atom stereocenters. The monoisotopic (exact) mass is 566 g/mol. The highest BCUT2D eigenvalue weighted by atomic mass is 19.1. The second kappa shape index (κ2) is 10.4. The van der Waals surface area contributed by atoms with Crippen molar-refractivity contribution < 1.29 is 8.78 Å². The third kappa shape index (κ3) is 3.94. The predicted molar refractivity (Wildman–Crippen MR) is 156 cm³/mol. The van der Waals surface area contributed by atoms with Crippen LogP contribution in [0.4, 0.5) is 8.78 Å². The van der Waals surface area contributed by atoms with Crippen LogP contribution in [-0.2, 0) is 0 Å². The van der Waals surface area contributed by atoms with Crippen LogP contribution in [0.3, 0.4) is 0 Å². The van der Waals surface area contributed by atoms with Crippen LogP contribution in [0.5, 0.6) is 0 Å². The van der Waals surface area contributed by atoms with Crippen LogP contribution >= 0.6 is 0 Å². The van der Waals surface area contributed by atoms with E-state index >= 15 is 0 Å². The second-order valence-electron chi connectivity index (χ2n) is 9.83. The van der Waals surface area contributed by atoms with Gasteiger partial charge in [-0.15, -0.1) is 0 Å². The van der Waals surface area contributed by atoms with Gasteiger partial charge in [-0.3, -0.25) is 0 Å². The highest BCUT2D eigenvalue weighted by molar-refractivity contribution is 6.38. The van der Waals surface area contributed by atoms with Gasteiger partial charge in [0.15, 0.2) is 0 Å². The van der Waals surface area contributed by atoms with E-state index in [1.54, 1.807) is 36.4 Å². The van der Waals surface area contributed by atoms with Crippen molar-refractivity contribution in [3.63, 3.8) is 0 Å². The summed E-state index contributed by atoms with van der Waals surface area (Å²) >= 11 is 0. The van der Waals surface area contributed by atoms with Crippen LogP contribution in [0.2, 0.25) is 0 Å². The standard InChI is InChI=1S/C36H12F2N6/c37-31-7-3-19(9-23(31)13-39)21-1-5-27-29(11-21)35-34(26(17-43)18-44)28-6-2-22(20-4-8-32(38)24(10-20)14-40)12-30(28)36(35)33(27)25(15-41)16-42/h1-12H. The van der Waals surface area contributed by atoms with Crippen LogP contribution in [0.25, 0.3) is 44.5 Å². The summed E-state index contributed by atoms with van der Waals surface area (Å²) in [6.07, 6.45) is 0. The van der Waals surface area contributed by atoms with E-state index in [1.165, 1.54) is 36.4 Å². The smallest absolute Gasteiger partial charge is 0.140 e. The molecule has 8 heteroatoms. The molecule has 4 aromatic rings. The number of hydrogen-bond donors (Lipinski definition) is 0. The normalized spacial score (nSPS) is 12.0. The Kier molecular flexibility index (Phi) is 6.39. The van der Waals surface area contributed by atoms with Crippen molar-refractivity contribution in [2.24, 2.45) is 0 Å². The molecule has 6 nitrogen and oxygen atoms in total. The Labute approximate surface area is 250 Å². The average Bonchev–Trinajstić information content (AvgIpc) is 3.55. The van der Waals surface area contributed by atoms with Crippen molar-refractivity contribution in [3.05, 3.63) is 129 Å². The lowest BCUT2D eigenvalue weighted by Gasteiger charge is -2.15. The Morgan fingerprint density at radius 3 is 1.11 bits per heavy atom. The molecule has 200 valence electrons. The van der Waals surface area contributed by atoms with E-state index in [4.69, 9.17) is 0 Å². The van der Waals surface area contributed by atoms with Crippen molar-refractivity contribution >= 4 is 22.3 Å². The first kappa shape index (κ1) is 27.1. The molecule has 0 fully saturated rings. The molecule has 0 aromatic heterocycles. The molecule has 0 aliphatic heterocycles. The van der Waals surface area contributed by atoms with E-state index in [9.17, 15) is 40.4 Å². The molecule has 4 aromatic carbocycles. The summed E-state index contributed by atoms with van der Waals surface area (Å²) in [7, 11) is 0. The third-order valence-electron chi connectivity index (χ3n) is 7.65. The maximum Gasteiger partial charge on any atom is 0.140 e. The van der Waals surface area contributed by atoms with E-state index in [0.717, 1.165) is 0 Å². The Bertz CT molecular complexity index is 2170. The molecule has 0 unspecified atom stereocenters. The third-order valence-corrected chi connectivity index (χ3v) is 7.65. The van der Waals surface area contributed by atoms with Gasteiger partial charge < -0.3 is 0 Å². The Hall–Kier alpha value is -7.10. The van der Waals surface area contributed by atoms with E-state index in [0.29, 0.717) is 66.8 Å². The zero-order chi connectivity index (χ0) is 31.1. The highest BCUT2D eigenvalue weighted by Gasteiger charge is 2.40. The zero-order valence-electron chi connectivity index (χ0n) is 22.4. The van der Waals surface area contributed by atoms with Gasteiger partial charge in [-0.25, -0.2) is 8.78 Å². The number of allylic oxidation sites excluding steroid dienone is 6. The SMILES string of the molecule is N#CC(C#N)=C1C2=C(C(=C(C#N)C#N)c3ccc(-c4ccc(F)c(C#N)c4)cc32)c2cc(-c3ccc(F)c(C#N)c3)ccc21. The fourth-order valence-corrected chi connectivity index (χ4v) is 5.73. The second-order valence-corrected chi connectivity index (χ2v) is 9.83. The van der Waals surface area contributed by atoms with Crippen LogP contribution in [0, 0.1) is 79.6 Å². The summed E-state index contributed by atoms with van der Waals surface area (Å²) < 4.78 is 28.2. The van der Waals surface area contributed by atoms with Gasteiger partial charge in [0.2, 0.25) is 0 Å². The van der Waals surface area contributed by atoms with Crippen LogP contribution in [0.1, 0.15) is 33.4 Å². The van der Waals surface area contributed by atoms with E-state index in [-0.39, 0.29) is 22.3 Å². The number of hydrogen-bond acceptors (Lipinski definition) is 6. The molecule has 0 radical (unpaired) electrons. The number of halogens is 2. The first-order valence-electron chi connectivity index (χ1n) is 12.9. The Morgan fingerprint density at radius 1 is 0.432 bits per heavy atom. The predicted octanol–water partition coefficient (Wildman–Crippen LogP) is 7.58. The molecule has 0 saturated carbocycles. The van der Waals surface area contributed by atoms with Gasteiger partial charge >= 0.3 is 0 Å². The van der Waals surface area contributed by atoms with Gasteiger partial charge in [0, 0.05) is 22.3 Å². The maximum atomic E-state index is 14.1. The molecule has 0 saturated heterocycles. The van der Waals surface area contributed by atoms with E-state index in [1.807, 2.05) is 36.4 Å². The molecule has 0 spiro atoms. The van der Waals surface area contributed by atoms with Crippen molar-refractivity contribution in [1.82, 2.24) is 0 Å². The molecular formula is C36H12F2N6. The number of benzene rings is 4. The Balaban J connectivity index is 1.69. The summed E-state index contributed by atoms with van der Waals surface area (Å²) in [5, 5.41) is 58.6. The van der Waals surface area contributed by atoms with Crippen molar-refractivity contribution in [3.8, 4) is 58.7 Å². The topological polar surface area (TPSA) is 143 Å². The fourth-order valence-electron chi connectivity index (χ4n) is 5.73. The fraction of sp³-hybridized carbons (Fsp3) is 0. The number of fused-ring (bicyclic) bond motifs is 4. The van der Waals surface area contributed by atoms with E-state index < -0.39 is 11.6 Å². The molecule has 0 heterocycles. The van der Waals surface area contributed by atoms with E-state index in [2.05, 4.69) is 0 Å². The van der Waals surface area contributed by atoms with Crippen molar-refractivity contribution in [2.75, 3.05) is 0 Å². The average molecular weight is 567 g/mol. The summed E-state index contributed by atoms with van der Waals surface area (Å²) in [6, 6.07) is 30.2. The first-order valence-corrected chi connectivity index (χ1v) is 12.9. The molecule has 2 aliphatic rings. The van der Waals surface area contributed by atoms with Gasteiger partial charge in [0.05, 0.1) is 11.1 Å². The molecule has 0 bridgehead atoms. The van der Waals surface area contributed by atoms with Gasteiger partial charge in [-0.1, -0.05) is 36.4 Å². The molecular weight excluding hydrogens is 554 g/mol. The molecule has 2 aliphatic carbocycles. The largest absolute Gasteiger partial charge is 0.206 e. The first-order chi connectivity index (χ1) is 21.4. The lowest BCUT2D eigenvalue weighted by atomic mass is 9.87. The van der Waals surface area contributed by atoms with Gasteiger partial charge in [-0.05, 0) is 80.9 Å². The van der Waals surface area contributed by atoms with Crippen LogP contribution in [0.15, 0.2) is 83.9 Å². The number of nitrogens with zero attached hydrogens (tertiary/aromatic N) is 6. The summed E-state index contributed by atoms with van der Waals surface area (Å²) in [5.74, 6) is -1.33. The lowest BCUT2D eigenvalue weighted by molar-refractivity contribution is 0.624. The maximum absolute atomic E-state index is 14.1. The molecule has 0 amide bonds. The summed E-state index contributed by atoms with van der Waals surface area (Å²) in [5.41, 5.74) is 5.38. The quantitative estimate of drug-likeness (QED) is 0.229. The highest BCUT2D eigenvalue weighted by Crippen LogP contribution is 2.59. The lowest BCUT2D eigenvalue weighted by Crippen LogP contribution is -1.97. The van der Waals surface area contributed by atoms with Crippen molar-refractivity contribution in [2.45, 2.75) is 0 Å². The Morgan fingerprint density at radius 2 is 0.773 bits per heavy atom. The molecule has 44 heavy (non-hydrogen) atoms. The van der Waals surface area contributed by atoms with Gasteiger partial charge in [0.25, 0.3) is 0 Å². The minimum atomic E-state index is -0.664. The number of nitriles is 6. The van der Waals surface area contributed by atoms with Gasteiger partial charge in [-0.2, -0.15) is 31.6 Å². The van der Waals surface area contributed by atoms with Gasteiger partial charge in [0.1, 0.15) is 59.2 Å². The van der Waals surface area contributed by atoms with Crippen LogP contribution < -0.4 is 0 Å². The molecule has 6 rings (SSSR count). The van der Waals surface area contributed by atoms with Crippen LogP contribution in [-0.4, -0.2) is 0 Å². The zero-order valence-corrected chi connectivity index (χ0v) is 22.4. The summed E-state index contributed by atoms with van der Waals surface area (Å²) in [4.78, 5) is 0. The minimum absolute atomic E-state index is 0.141.